The van der Waals surface area contributed by atoms with Crippen molar-refractivity contribution in [2.45, 2.75) is 93.2 Å². The Kier molecular flexibility index (Phi) is 19.7. The quantitative estimate of drug-likeness (QED) is 0.0599. The van der Waals surface area contributed by atoms with Gasteiger partial charge in [-0.25, -0.2) is 24.2 Å². The van der Waals surface area contributed by atoms with Crippen LogP contribution in [-0.2, 0) is 61.0 Å². The van der Waals surface area contributed by atoms with Crippen LogP contribution < -0.4 is 41.7 Å². The summed E-state index contributed by atoms with van der Waals surface area (Å²) in [7, 11) is 6.20. The van der Waals surface area contributed by atoms with Crippen molar-refractivity contribution in [3.05, 3.63) is 253 Å². The van der Waals surface area contributed by atoms with Crippen LogP contribution in [0, 0.1) is 38.3 Å². The van der Waals surface area contributed by atoms with Gasteiger partial charge in [0.05, 0.1) is 33.9 Å². The van der Waals surface area contributed by atoms with E-state index >= 15 is 0 Å². The van der Waals surface area contributed by atoms with Crippen molar-refractivity contribution >= 4 is 22.6 Å². The molecule has 0 saturated heterocycles. The summed E-state index contributed by atoms with van der Waals surface area (Å²) >= 11 is 2.10. The molecule has 1 saturated carbocycles. The first-order chi connectivity index (χ1) is 47.5. The normalized spacial score (nSPS) is 12.2. The number of ether oxygens (including phenoxy) is 4. The van der Waals surface area contributed by atoms with E-state index < -0.39 is 0 Å². The van der Waals surface area contributed by atoms with Gasteiger partial charge in [-0.1, -0.05) is 79.6 Å². The zero-order valence-corrected chi connectivity index (χ0v) is 55.8. The number of hydrogen-bond acceptors (Lipinski definition) is 20. The summed E-state index contributed by atoms with van der Waals surface area (Å²) in [5.41, 5.74) is 10.3. The predicted molar refractivity (Wildman–Crippen MR) is 358 cm³/mol. The third-order valence-corrected chi connectivity index (χ3v) is 16.0. The number of para-hydroxylation sites is 4. The number of hydrogen-bond donors (Lipinski definition) is 0. The Bertz CT molecular complexity index is 5000. The lowest BCUT2D eigenvalue weighted by Crippen LogP contribution is -2.23. The number of rotatable bonds is 18. The molecule has 8 heterocycles. The highest BCUT2D eigenvalue weighted by Gasteiger charge is 2.30. The lowest BCUT2D eigenvalue weighted by Gasteiger charge is -2.15. The molecule has 0 unspecified atom stereocenters. The molecule has 0 bridgehead atoms. The maximum Gasteiger partial charge on any atom is 0.368 e. The molecule has 0 spiro atoms. The van der Waals surface area contributed by atoms with Crippen molar-refractivity contribution < 1.29 is 24.4 Å². The van der Waals surface area contributed by atoms with Gasteiger partial charge >= 0.3 is 22.8 Å². The molecule has 13 rings (SSSR count). The molecule has 0 atom stereocenters. The van der Waals surface area contributed by atoms with E-state index in [9.17, 15) is 19.2 Å². The van der Waals surface area contributed by atoms with Crippen molar-refractivity contribution in [2.24, 2.45) is 28.2 Å². The molecule has 28 nitrogen and oxygen atoms in total. The zero-order chi connectivity index (χ0) is 70.8. The highest BCUT2D eigenvalue weighted by Crippen LogP contribution is 2.42. The van der Waals surface area contributed by atoms with Crippen LogP contribution in [0.1, 0.15) is 92.8 Å². The second-order valence-corrected chi connectivity index (χ2v) is 22.7. The fourth-order valence-corrected chi connectivity index (χ4v) is 10.2. The summed E-state index contributed by atoms with van der Waals surface area (Å²) in [5, 5.41) is 30.7. The molecule has 29 heteroatoms. The molecule has 95 heavy (non-hydrogen) atoms. The van der Waals surface area contributed by atoms with E-state index in [0.717, 1.165) is 87.5 Å². The minimum Gasteiger partial charge on any atom is -0.488 e. The van der Waals surface area contributed by atoms with Crippen molar-refractivity contribution in [3.63, 3.8) is 0 Å². The molecule has 4 aromatic carbocycles. The Labute approximate surface area is 563 Å². The minimum absolute atomic E-state index is 0.225. The zero-order valence-electron chi connectivity index (χ0n) is 57.7. The number of pyridine rings is 4. The highest BCUT2D eigenvalue weighted by molar-refractivity contribution is 14.1. The van der Waals surface area contributed by atoms with E-state index in [2.05, 4.69) is 84.2 Å². The lowest BCUT2D eigenvalue weighted by molar-refractivity contribution is 0.301. The first-order valence-corrected chi connectivity index (χ1v) is 30.9. The van der Waals surface area contributed by atoms with Crippen molar-refractivity contribution in [2.75, 3.05) is 0 Å². The van der Waals surface area contributed by atoms with E-state index in [1.807, 2.05) is 41.5 Å². The second kappa shape index (κ2) is 30.5. The Balaban J connectivity index is 0.000000143. The van der Waals surface area contributed by atoms with Gasteiger partial charge in [0.25, 0.3) is 0 Å². The van der Waals surface area contributed by atoms with Crippen LogP contribution in [0.5, 0.6) is 23.0 Å². The molecule has 1 aliphatic carbocycles. The average Bonchev–Trinajstić information content (AvgIpc) is 1.68. The van der Waals surface area contributed by atoms with Crippen molar-refractivity contribution in [1.82, 2.24) is 99.1 Å². The first-order valence-electron chi connectivity index (χ1n) is 31.8. The third-order valence-electron chi connectivity index (χ3n) is 15.1. The Hall–Kier alpha value is -11.1. The molecule has 0 aliphatic heterocycles. The molecule has 1 aliphatic rings. The van der Waals surface area contributed by atoms with Gasteiger partial charge in [-0.05, 0) is 189 Å². The molecule has 0 amide bonds. The van der Waals surface area contributed by atoms with Gasteiger partial charge in [-0.15, -0.1) is 0 Å². The summed E-state index contributed by atoms with van der Waals surface area (Å²) in [4.78, 5) is 66.2. The van der Waals surface area contributed by atoms with Crippen LogP contribution in [-0.4, -0.2) is 99.1 Å². The van der Waals surface area contributed by atoms with Gasteiger partial charge in [0.1, 0.15) is 53.1 Å². The highest BCUT2D eigenvalue weighted by atomic mass is 127. The van der Waals surface area contributed by atoms with E-state index in [-0.39, 0.29) is 49.2 Å². The van der Waals surface area contributed by atoms with Gasteiger partial charge in [0.15, 0.2) is 0 Å². The van der Waals surface area contributed by atoms with Gasteiger partial charge in [-0.2, -0.15) is 37.5 Å². The molecule has 0 N–H and O–H groups in total. The van der Waals surface area contributed by atoms with Crippen LogP contribution in [0.2, 0.25) is 0 Å². The molecule has 1 fully saturated rings. The molecular weight excluding hydrogens is 1330 g/mol. The summed E-state index contributed by atoms with van der Waals surface area (Å²) in [6.07, 6.45) is 9.47. The van der Waals surface area contributed by atoms with E-state index in [0.29, 0.717) is 82.3 Å². The largest absolute Gasteiger partial charge is 0.488 e. The maximum atomic E-state index is 12.3. The number of aryl methyl sites for hydroxylation is 10. The van der Waals surface area contributed by atoms with Crippen LogP contribution in [0.4, 0.5) is 0 Å². The lowest BCUT2D eigenvalue weighted by atomic mass is 10.1. The number of benzene rings is 4. The SMILES string of the molecule is [3H]c1ccc(OCc2c(-n3nnn(C)c3=O)ccnc2C)c(C)c1.[3H]c1ccc(OCc2c(-n3nnn(C)c3=O)ccnc2C2CC2)c(C)c1.[3H]c1ccc(OCc2c(-n3nnn(C)c3=O)ccnc2CC)c(C)c1.[3H]c1ccc(OCc2c(-n3nnn(C)c3=O)ccnc2I)c(C)c1. The monoisotopic (exact) mass is 1400 g/mol. The second-order valence-electron chi connectivity index (χ2n) is 21.7. The number of halogens is 1. The van der Waals surface area contributed by atoms with Crippen LogP contribution in [0.3, 0.4) is 0 Å². The topological polar surface area (TPSA) is 299 Å². The fourth-order valence-electron chi connectivity index (χ4n) is 9.59. The van der Waals surface area contributed by atoms with Gasteiger partial charge in [0.2, 0.25) is 0 Å². The Morgan fingerprint density at radius 3 is 1.12 bits per heavy atom. The first kappa shape index (κ1) is 61.4. The van der Waals surface area contributed by atoms with Crippen LogP contribution >= 0.6 is 22.6 Å². The number of aromatic nitrogens is 20. The van der Waals surface area contributed by atoms with Crippen LogP contribution in [0.25, 0.3) is 22.7 Å². The summed E-state index contributed by atoms with van der Waals surface area (Å²) < 4.78 is 64.6. The predicted octanol–water partition coefficient (Wildman–Crippen LogP) is 7.35. The number of tetrazole rings is 4. The molecule has 488 valence electrons. The summed E-state index contributed by atoms with van der Waals surface area (Å²) in [5.74, 6) is 3.18. The maximum absolute atomic E-state index is 12.3. The Morgan fingerprint density at radius 2 is 0.747 bits per heavy atom. The Morgan fingerprint density at radius 1 is 0.421 bits per heavy atom. The summed E-state index contributed by atoms with van der Waals surface area (Å²) in [6.45, 7) is 12.4. The number of nitrogens with zero attached hydrogens (tertiary/aromatic N) is 20. The van der Waals surface area contributed by atoms with E-state index in [4.69, 9.17) is 24.4 Å². The van der Waals surface area contributed by atoms with Gasteiger partial charge in [-0.3, -0.25) is 15.0 Å². The molecule has 0 radical (unpaired) electrons. The molecule has 8 aromatic heterocycles. The van der Waals surface area contributed by atoms with E-state index in [1.165, 1.54) is 28.1 Å². The standard InChI is InChI=1S/C18H19N5O2.C17H19N5O2.C16H17N5O2.C15H14IN5O2/c1-12-5-3-4-6-16(12)25-11-14-15(23-18(24)22(2)20-21-23)9-10-19-17(14)13-7-8-13;1-4-14-13(11-24-16-8-6-5-7-12(16)2)15(9-10-18-14)22-17(23)21(3)19-20-22;1-11-6-4-5-7-15(11)23-10-13-12(2)17-9-8-14(13)21-16(22)20(3)18-19-21;1-10-5-3-4-6-13(10)23-9-11-12(7-8-17-14(11)16)21-15(22)20(2)18-19-21/h3-6,9-10,13H,7-8,11H2,1-2H3;5-10H,4,11H2,1-3H3;4-9H,10H2,1-3H3;3-8H,9H2,1-2H3/i3T;5T;4T;3T. The average molecular weight is 1410 g/mol. The molecular formula is C66H69IN20O8. The van der Waals surface area contributed by atoms with Crippen molar-refractivity contribution in [3.8, 4) is 45.7 Å². The summed E-state index contributed by atoms with van der Waals surface area (Å²) in [6, 6.07) is 29.4. The van der Waals surface area contributed by atoms with Gasteiger partial charge in [0, 0.05) is 92.5 Å². The van der Waals surface area contributed by atoms with Crippen LogP contribution in [0.15, 0.2) is 165 Å². The third kappa shape index (κ3) is 15.7. The van der Waals surface area contributed by atoms with Crippen molar-refractivity contribution in [1.29, 1.82) is 0 Å². The smallest absolute Gasteiger partial charge is 0.368 e. The molecule has 12 aromatic rings. The van der Waals surface area contributed by atoms with Gasteiger partial charge < -0.3 is 18.9 Å². The fraction of sp³-hybridized carbons (Fsp3) is 0.273. The minimum atomic E-state index is -0.340. The van der Waals surface area contributed by atoms with E-state index in [1.54, 1.807) is 150 Å².